The molecule has 0 radical (unpaired) electrons. The normalized spacial score (nSPS) is 10.6. The van der Waals surface area contributed by atoms with E-state index in [1.54, 1.807) is 67.8 Å². The molecule has 0 aromatic heterocycles. The van der Waals surface area contributed by atoms with Gasteiger partial charge in [-0.1, -0.05) is 30.3 Å². The molecule has 0 heterocycles. The van der Waals surface area contributed by atoms with E-state index in [2.05, 4.69) is 15.9 Å². The Bertz CT molecular complexity index is 1100. The highest BCUT2D eigenvalue weighted by Crippen LogP contribution is 2.26. The van der Waals surface area contributed by atoms with E-state index in [0.29, 0.717) is 38.4 Å². The Kier molecular flexibility index (Phi) is 7.03. The number of esters is 1. The second-order valence-electron chi connectivity index (χ2n) is 6.21. The van der Waals surface area contributed by atoms with Gasteiger partial charge in [0.25, 0.3) is 0 Å². The van der Waals surface area contributed by atoms with Crippen LogP contribution in [-0.4, -0.2) is 26.0 Å². The van der Waals surface area contributed by atoms with Crippen molar-refractivity contribution in [1.29, 1.82) is 0 Å². The van der Waals surface area contributed by atoms with Crippen molar-refractivity contribution in [2.24, 2.45) is 0 Å². The highest BCUT2D eigenvalue weighted by molar-refractivity contribution is 9.10. The van der Waals surface area contributed by atoms with Crippen LogP contribution in [0.4, 0.5) is 0 Å². The largest absolute Gasteiger partial charge is 0.497 e. The summed E-state index contributed by atoms with van der Waals surface area (Å²) in [5.41, 5.74) is 1.57. The summed E-state index contributed by atoms with van der Waals surface area (Å²) in [7, 11) is 3.05. The molecule has 0 amide bonds. The highest BCUT2D eigenvalue weighted by Gasteiger charge is 2.13. The van der Waals surface area contributed by atoms with Crippen LogP contribution in [0.1, 0.15) is 26.3 Å². The molecular weight excluding hydrogens is 448 g/mol. The van der Waals surface area contributed by atoms with Crippen LogP contribution in [0.15, 0.2) is 77.3 Å². The molecule has 6 heteroatoms. The lowest BCUT2D eigenvalue weighted by Gasteiger charge is -2.08. The summed E-state index contributed by atoms with van der Waals surface area (Å²) in [5.74, 6) is 0.729. The molecule has 3 aromatic rings. The second kappa shape index (κ2) is 9.89. The van der Waals surface area contributed by atoms with E-state index in [9.17, 15) is 9.59 Å². The number of hydrogen-bond donors (Lipinski definition) is 0. The van der Waals surface area contributed by atoms with Crippen LogP contribution in [0.25, 0.3) is 6.08 Å². The van der Waals surface area contributed by atoms with Crippen molar-refractivity contribution in [2.75, 3.05) is 14.2 Å². The summed E-state index contributed by atoms with van der Waals surface area (Å²) < 4.78 is 16.5. The van der Waals surface area contributed by atoms with E-state index in [4.69, 9.17) is 14.2 Å². The first-order valence-electron chi connectivity index (χ1n) is 9.03. The minimum atomic E-state index is -0.470. The van der Waals surface area contributed by atoms with Crippen molar-refractivity contribution in [2.45, 2.75) is 0 Å². The van der Waals surface area contributed by atoms with E-state index in [1.807, 2.05) is 12.1 Å². The smallest absolute Gasteiger partial charge is 0.344 e. The summed E-state index contributed by atoms with van der Waals surface area (Å²) in [6, 6.07) is 19.0. The number of hydrogen-bond acceptors (Lipinski definition) is 5. The molecule has 3 rings (SSSR count). The lowest BCUT2D eigenvalue weighted by Crippen LogP contribution is -2.09. The van der Waals surface area contributed by atoms with Gasteiger partial charge < -0.3 is 14.2 Å². The molecule has 5 nitrogen and oxygen atoms in total. The third kappa shape index (κ3) is 5.15. The number of methoxy groups -OCH3 is 2. The molecular formula is C24H19BrO5. The van der Waals surface area contributed by atoms with Crippen molar-refractivity contribution in [3.63, 3.8) is 0 Å². The average Bonchev–Trinajstić information content (AvgIpc) is 2.77. The minimum Gasteiger partial charge on any atom is -0.497 e. The van der Waals surface area contributed by atoms with Gasteiger partial charge in [-0.2, -0.15) is 0 Å². The van der Waals surface area contributed by atoms with Gasteiger partial charge in [0.15, 0.2) is 5.78 Å². The first-order chi connectivity index (χ1) is 14.5. The Morgan fingerprint density at radius 2 is 1.63 bits per heavy atom. The van der Waals surface area contributed by atoms with Crippen LogP contribution < -0.4 is 14.2 Å². The molecule has 0 unspecified atom stereocenters. The topological polar surface area (TPSA) is 61.8 Å². The lowest BCUT2D eigenvalue weighted by atomic mass is 10.1. The van der Waals surface area contributed by atoms with E-state index in [-0.39, 0.29) is 5.78 Å². The molecule has 0 N–H and O–H groups in total. The van der Waals surface area contributed by atoms with Gasteiger partial charge >= 0.3 is 5.97 Å². The van der Waals surface area contributed by atoms with Crippen molar-refractivity contribution in [3.05, 3.63) is 94.0 Å². The van der Waals surface area contributed by atoms with E-state index < -0.39 is 5.97 Å². The van der Waals surface area contributed by atoms with Crippen molar-refractivity contribution >= 4 is 33.8 Å². The zero-order chi connectivity index (χ0) is 21.5. The Balaban J connectivity index is 1.75. The van der Waals surface area contributed by atoms with E-state index in [1.165, 1.54) is 13.2 Å². The molecule has 0 fully saturated rings. The summed E-state index contributed by atoms with van der Waals surface area (Å²) in [5, 5.41) is 0. The van der Waals surface area contributed by atoms with E-state index in [0.717, 1.165) is 0 Å². The quantitative estimate of drug-likeness (QED) is 0.197. The molecule has 0 aliphatic carbocycles. The number of allylic oxidation sites excluding steroid dienone is 1. The maximum Gasteiger partial charge on any atom is 0.344 e. The fourth-order valence-corrected chi connectivity index (χ4v) is 3.18. The minimum absolute atomic E-state index is 0.217. The number of benzene rings is 3. The number of ether oxygens (including phenoxy) is 3. The van der Waals surface area contributed by atoms with Crippen LogP contribution in [0, 0.1) is 0 Å². The standard InChI is InChI=1S/C24H19BrO5/c1-28-17-11-12-20(23(15-17)29-2)22(26)13-10-16-6-5-7-18(14-16)30-24(27)19-8-3-4-9-21(19)25/h3-15H,1-2H3. The summed E-state index contributed by atoms with van der Waals surface area (Å²) in [4.78, 5) is 25.0. The summed E-state index contributed by atoms with van der Waals surface area (Å²) in [6.07, 6.45) is 3.10. The van der Waals surface area contributed by atoms with Gasteiger partial charge in [-0.15, -0.1) is 0 Å². The zero-order valence-electron chi connectivity index (χ0n) is 16.4. The van der Waals surface area contributed by atoms with Gasteiger partial charge in [0.1, 0.15) is 17.2 Å². The SMILES string of the molecule is COc1ccc(C(=O)C=Cc2cccc(OC(=O)c3ccccc3Br)c2)c(OC)c1. The van der Waals surface area contributed by atoms with Crippen LogP contribution in [0.5, 0.6) is 17.2 Å². The van der Waals surface area contributed by atoms with Crippen molar-refractivity contribution < 1.29 is 23.8 Å². The van der Waals surface area contributed by atoms with Crippen LogP contribution in [0.2, 0.25) is 0 Å². The number of ketones is 1. The summed E-state index contributed by atoms with van der Waals surface area (Å²) >= 11 is 3.34. The lowest BCUT2D eigenvalue weighted by molar-refractivity contribution is 0.0733. The molecule has 0 saturated heterocycles. The van der Waals surface area contributed by atoms with Crippen LogP contribution >= 0.6 is 15.9 Å². The molecule has 0 atom stereocenters. The van der Waals surface area contributed by atoms with Crippen LogP contribution in [0.3, 0.4) is 0 Å². The highest BCUT2D eigenvalue weighted by atomic mass is 79.9. The van der Waals surface area contributed by atoms with Gasteiger partial charge in [-0.3, -0.25) is 4.79 Å². The predicted octanol–water partition coefficient (Wildman–Crippen LogP) is 5.58. The molecule has 0 spiro atoms. The van der Waals surface area contributed by atoms with Crippen LogP contribution in [-0.2, 0) is 0 Å². The number of rotatable bonds is 7. The first kappa shape index (κ1) is 21.3. The van der Waals surface area contributed by atoms with E-state index >= 15 is 0 Å². The third-order valence-corrected chi connectivity index (χ3v) is 4.96. The first-order valence-corrected chi connectivity index (χ1v) is 9.82. The second-order valence-corrected chi connectivity index (χ2v) is 7.06. The van der Waals surface area contributed by atoms with Gasteiger partial charge in [0.05, 0.1) is 25.3 Å². The number of carbonyl (C=O) groups excluding carboxylic acids is 2. The fourth-order valence-electron chi connectivity index (χ4n) is 2.73. The molecule has 0 aliphatic heterocycles. The van der Waals surface area contributed by atoms with Gasteiger partial charge in [-0.25, -0.2) is 4.79 Å². The summed E-state index contributed by atoms with van der Waals surface area (Å²) in [6.45, 7) is 0. The Morgan fingerprint density at radius 1 is 0.833 bits per heavy atom. The van der Waals surface area contributed by atoms with Crippen molar-refractivity contribution in [1.82, 2.24) is 0 Å². The van der Waals surface area contributed by atoms with Gasteiger partial charge in [0, 0.05) is 10.5 Å². The van der Waals surface area contributed by atoms with Gasteiger partial charge in [-0.05, 0) is 64.0 Å². The average molecular weight is 467 g/mol. The maximum absolute atomic E-state index is 12.6. The molecule has 0 bridgehead atoms. The molecule has 0 aliphatic rings. The fraction of sp³-hybridized carbons (Fsp3) is 0.0833. The Hall–Kier alpha value is -3.38. The van der Waals surface area contributed by atoms with Crippen molar-refractivity contribution in [3.8, 4) is 17.2 Å². The number of halogens is 1. The maximum atomic E-state index is 12.6. The Morgan fingerprint density at radius 3 is 2.37 bits per heavy atom. The molecule has 0 saturated carbocycles. The monoisotopic (exact) mass is 466 g/mol. The Labute approximate surface area is 183 Å². The third-order valence-electron chi connectivity index (χ3n) is 4.26. The zero-order valence-corrected chi connectivity index (χ0v) is 18.0. The molecule has 3 aromatic carbocycles. The van der Waals surface area contributed by atoms with Gasteiger partial charge in [0.2, 0.25) is 0 Å². The number of carbonyl (C=O) groups is 2. The molecule has 152 valence electrons. The predicted molar refractivity (Wildman–Crippen MR) is 118 cm³/mol. The molecule has 30 heavy (non-hydrogen) atoms.